The highest BCUT2D eigenvalue weighted by Gasteiger charge is 2.22. The average molecular weight is 245 g/mol. The van der Waals surface area contributed by atoms with Crippen LogP contribution in [0.1, 0.15) is 31.9 Å². The molecule has 0 spiro atoms. The lowest BCUT2D eigenvalue weighted by atomic mass is 10.2. The van der Waals surface area contributed by atoms with E-state index in [1.54, 1.807) is 6.26 Å². The summed E-state index contributed by atoms with van der Waals surface area (Å²) in [4.78, 5) is 4.46. The standard InChI is InChI=1S/C14H19N3O/c1-2-7-17-8-6-15-14(17)12-5-9-18-13(12)10-16-11-3-4-11/h5-6,8-9,11,16H,2-4,7,10H2,1H3. The van der Waals surface area contributed by atoms with Crippen LogP contribution in [-0.4, -0.2) is 15.6 Å². The molecule has 0 radical (unpaired) electrons. The van der Waals surface area contributed by atoms with Gasteiger partial charge < -0.3 is 14.3 Å². The van der Waals surface area contributed by atoms with Crippen molar-refractivity contribution in [2.45, 2.75) is 45.3 Å². The quantitative estimate of drug-likeness (QED) is 0.851. The summed E-state index contributed by atoms with van der Waals surface area (Å²) < 4.78 is 7.77. The third-order valence-corrected chi connectivity index (χ3v) is 3.29. The van der Waals surface area contributed by atoms with E-state index in [0.29, 0.717) is 6.04 Å². The third kappa shape index (κ3) is 2.34. The number of nitrogens with zero attached hydrogens (tertiary/aromatic N) is 2. The van der Waals surface area contributed by atoms with Crippen molar-refractivity contribution in [2.24, 2.45) is 0 Å². The summed E-state index contributed by atoms with van der Waals surface area (Å²) in [6.45, 7) is 3.97. The summed E-state index contributed by atoms with van der Waals surface area (Å²) in [6, 6.07) is 2.71. The van der Waals surface area contributed by atoms with E-state index >= 15 is 0 Å². The molecule has 0 atom stereocenters. The second-order valence-corrected chi connectivity index (χ2v) is 4.86. The maximum atomic E-state index is 5.58. The van der Waals surface area contributed by atoms with Gasteiger partial charge in [-0.3, -0.25) is 0 Å². The highest BCUT2D eigenvalue weighted by atomic mass is 16.3. The Labute approximate surface area is 107 Å². The second-order valence-electron chi connectivity index (χ2n) is 4.86. The molecule has 1 aliphatic carbocycles. The molecule has 1 aliphatic rings. The minimum absolute atomic E-state index is 0.693. The zero-order valence-corrected chi connectivity index (χ0v) is 10.7. The van der Waals surface area contributed by atoms with Gasteiger partial charge in [0, 0.05) is 25.0 Å². The molecule has 96 valence electrons. The summed E-state index contributed by atoms with van der Waals surface area (Å²) in [5, 5.41) is 3.48. The van der Waals surface area contributed by atoms with Crippen LogP contribution >= 0.6 is 0 Å². The van der Waals surface area contributed by atoms with E-state index in [4.69, 9.17) is 4.42 Å². The predicted octanol–water partition coefficient (Wildman–Crippen LogP) is 2.81. The summed E-state index contributed by atoms with van der Waals surface area (Å²) in [7, 11) is 0. The Balaban J connectivity index is 1.81. The largest absolute Gasteiger partial charge is 0.467 e. The van der Waals surface area contributed by atoms with Gasteiger partial charge in [0.05, 0.1) is 18.4 Å². The lowest BCUT2D eigenvalue weighted by molar-refractivity contribution is 0.483. The maximum absolute atomic E-state index is 5.58. The fourth-order valence-electron chi connectivity index (χ4n) is 2.18. The van der Waals surface area contributed by atoms with Crippen LogP contribution in [-0.2, 0) is 13.1 Å². The summed E-state index contributed by atoms with van der Waals surface area (Å²) >= 11 is 0. The number of aromatic nitrogens is 2. The number of aryl methyl sites for hydroxylation is 1. The van der Waals surface area contributed by atoms with Crippen LogP contribution in [0.2, 0.25) is 0 Å². The lowest BCUT2D eigenvalue weighted by Crippen LogP contribution is -2.15. The minimum atomic E-state index is 0.693. The highest BCUT2D eigenvalue weighted by Crippen LogP contribution is 2.25. The molecule has 0 amide bonds. The number of rotatable bonds is 6. The first kappa shape index (κ1) is 11.5. The average Bonchev–Trinajstić information content (AvgIpc) is 2.90. The molecule has 1 N–H and O–H groups in total. The van der Waals surface area contributed by atoms with Gasteiger partial charge in [-0.05, 0) is 25.3 Å². The van der Waals surface area contributed by atoms with Crippen molar-refractivity contribution >= 4 is 0 Å². The van der Waals surface area contributed by atoms with Crippen LogP contribution in [0.25, 0.3) is 11.4 Å². The van der Waals surface area contributed by atoms with Crippen molar-refractivity contribution in [2.75, 3.05) is 0 Å². The zero-order valence-electron chi connectivity index (χ0n) is 10.7. The SMILES string of the molecule is CCCn1ccnc1-c1ccoc1CNC1CC1. The topological polar surface area (TPSA) is 43.0 Å². The zero-order chi connectivity index (χ0) is 12.4. The normalized spacial score (nSPS) is 15.2. The van der Waals surface area contributed by atoms with E-state index in [1.807, 2.05) is 18.5 Å². The number of hydrogen-bond acceptors (Lipinski definition) is 3. The fraction of sp³-hybridized carbons (Fsp3) is 0.500. The first-order valence-corrected chi connectivity index (χ1v) is 6.69. The molecule has 0 saturated heterocycles. The summed E-state index contributed by atoms with van der Waals surface area (Å²) in [5.74, 6) is 2.00. The van der Waals surface area contributed by atoms with Crippen molar-refractivity contribution < 1.29 is 4.42 Å². The van der Waals surface area contributed by atoms with Crippen molar-refractivity contribution in [3.8, 4) is 11.4 Å². The summed E-state index contributed by atoms with van der Waals surface area (Å²) in [5.41, 5.74) is 1.11. The lowest BCUT2D eigenvalue weighted by Gasteiger charge is -2.07. The van der Waals surface area contributed by atoms with Gasteiger partial charge in [0.15, 0.2) is 0 Å². The molecule has 2 heterocycles. The van der Waals surface area contributed by atoms with Gasteiger partial charge in [-0.25, -0.2) is 4.98 Å². The molecule has 1 saturated carbocycles. The molecule has 0 aliphatic heterocycles. The smallest absolute Gasteiger partial charge is 0.143 e. The van der Waals surface area contributed by atoms with Gasteiger partial charge >= 0.3 is 0 Å². The minimum Gasteiger partial charge on any atom is -0.467 e. The van der Waals surface area contributed by atoms with E-state index in [0.717, 1.165) is 36.7 Å². The van der Waals surface area contributed by atoms with Crippen molar-refractivity contribution in [3.63, 3.8) is 0 Å². The molecule has 0 bridgehead atoms. The molecule has 1 fully saturated rings. The van der Waals surface area contributed by atoms with Gasteiger partial charge in [0.2, 0.25) is 0 Å². The molecule has 0 aromatic carbocycles. The van der Waals surface area contributed by atoms with Crippen LogP contribution in [0.3, 0.4) is 0 Å². The molecule has 2 aromatic rings. The molecule has 0 unspecified atom stereocenters. The van der Waals surface area contributed by atoms with Crippen molar-refractivity contribution in [3.05, 3.63) is 30.5 Å². The van der Waals surface area contributed by atoms with Gasteiger partial charge in [0.1, 0.15) is 11.6 Å². The molecule has 4 nitrogen and oxygen atoms in total. The molecule has 3 rings (SSSR count). The molecule has 4 heteroatoms. The van der Waals surface area contributed by atoms with E-state index in [9.17, 15) is 0 Å². The fourth-order valence-corrected chi connectivity index (χ4v) is 2.18. The molecular formula is C14H19N3O. The van der Waals surface area contributed by atoms with Crippen LogP contribution < -0.4 is 5.32 Å². The predicted molar refractivity (Wildman–Crippen MR) is 70.1 cm³/mol. The van der Waals surface area contributed by atoms with Gasteiger partial charge in [-0.2, -0.15) is 0 Å². The maximum Gasteiger partial charge on any atom is 0.143 e. The van der Waals surface area contributed by atoms with E-state index < -0.39 is 0 Å². The van der Waals surface area contributed by atoms with Crippen molar-refractivity contribution in [1.29, 1.82) is 0 Å². The monoisotopic (exact) mass is 245 g/mol. The number of nitrogens with one attached hydrogen (secondary N) is 1. The second kappa shape index (κ2) is 4.98. The molecular weight excluding hydrogens is 226 g/mol. The van der Waals surface area contributed by atoms with Crippen LogP contribution in [0, 0.1) is 0 Å². The Kier molecular flexibility index (Phi) is 3.19. The highest BCUT2D eigenvalue weighted by molar-refractivity contribution is 5.58. The van der Waals surface area contributed by atoms with E-state index in [-0.39, 0.29) is 0 Å². The van der Waals surface area contributed by atoms with Gasteiger partial charge in [-0.1, -0.05) is 6.92 Å². The van der Waals surface area contributed by atoms with Gasteiger partial charge in [0.25, 0.3) is 0 Å². The Morgan fingerprint density at radius 1 is 1.50 bits per heavy atom. The first-order chi connectivity index (χ1) is 8.88. The molecule has 18 heavy (non-hydrogen) atoms. The Morgan fingerprint density at radius 2 is 2.39 bits per heavy atom. The number of imidazole rings is 1. The van der Waals surface area contributed by atoms with Gasteiger partial charge in [-0.15, -0.1) is 0 Å². The third-order valence-electron chi connectivity index (χ3n) is 3.29. The van der Waals surface area contributed by atoms with E-state index in [1.165, 1.54) is 12.8 Å². The Bertz CT molecular complexity index is 511. The van der Waals surface area contributed by atoms with Crippen LogP contribution in [0.5, 0.6) is 0 Å². The first-order valence-electron chi connectivity index (χ1n) is 6.69. The van der Waals surface area contributed by atoms with Crippen LogP contribution in [0.4, 0.5) is 0 Å². The number of hydrogen-bond donors (Lipinski definition) is 1. The Morgan fingerprint density at radius 3 is 3.17 bits per heavy atom. The van der Waals surface area contributed by atoms with Crippen molar-refractivity contribution in [1.82, 2.24) is 14.9 Å². The Hall–Kier alpha value is -1.55. The van der Waals surface area contributed by atoms with Crippen LogP contribution in [0.15, 0.2) is 29.1 Å². The molecule has 2 aromatic heterocycles. The van der Waals surface area contributed by atoms with E-state index in [2.05, 4.69) is 21.8 Å². The number of furan rings is 1. The summed E-state index contributed by atoms with van der Waals surface area (Å²) in [6.07, 6.45) is 9.34.